The Morgan fingerprint density at radius 3 is 1.55 bits per heavy atom. The van der Waals surface area contributed by atoms with E-state index in [1.165, 1.54) is 0 Å². The number of hydrogen-bond acceptors (Lipinski definition) is 9. The van der Waals surface area contributed by atoms with Gasteiger partial charge in [0.25, 0.3) is 5.91 Å². The molecule has 0 aliphatic rings. The lowest BCUT2D eigenvalue weighted by molar-refractivity contribution is -0.139. The topological polar surface area (TPSA) is 227 Å². The number of carboxylic acids is 2. The third-order valence-corrected chi connectivity index (χ3v) is 4.68. The van der Waals surface area contributed by atoms with E-state index >= 15 is 0 Å². The first-order valence-corrected chi connectivity index (χ1v) is 11.9. The molecule has 0 fully saturated rings. The van der Waals surface area contributed by atoms with Gasteiger partial charge in [-0.15, -0.1) is 0 Å². The maximum absolute atomic E-state index is 13.0. The van der Waals surface area contributed by atoms with Gasteiger partial charge in [0.2, 0.25) is 11.8 Å². The number of alkyl carbamates (subject to hydrolysis) is 2. The molecule has 0 aromatic heterocycles. The Hall–Kier alpha value is -3.91. The summed E-state index contributed by atoms with van der Waals surface area (Å²) >= 11 is 0. The number of ether oxygens (including phenoxy) is 2. The normalized spacial score (nSPS) is 13.3. The van der Waals surface area contributed by atoms with Gasteiger partial charge in [0.1, 0.15) is 23.7 Å². The van der Waals surface area contributed by atoms with E-state index in [-0.39, 0.29) is 18.8 Å². The van der Waals surface area contributed by atoms with E-state index in [2.05, 4.69) is 20.7 Å². The lowest BCUT2D eigenvalue weighted by atomic mass is 10.0. The number of imide groups is 1. The predicted octanol–water partition coefficient (Wildman–Crippen LogP) is 0.508. The van der Waals surface area contributed by atoms with Crippen LogP contribution in [-0.4, -0.2) is 82.9 Å². The third-order valence-electron chi connectivity index (χ3n) is 4.68. The van der Waals surface area contributed by atoms with Crippen LogP contribution in [0.1, 0.15) is 66.7 Å². The van der Waals surface area contributed by atoms with Crippen molar-refractivity contribution in [3.05, 3.63) is 0 Å². The fourth-order valence-corrected chi connectivity index (χ4v) is 3.01. The number of methoxy groups -OCH3 is 1. The van der Waals surface area contributed by atoms with E-state index in [9.17, 15) is 33.6 Å². The zero-order valence-corrected chi connectivity index (χ0v) is 22.4. The van der Waals surface area contributed by atoms with Crippen molar-refractivity contribution < 1.29 is 53.2 Å². The number of carbonyl (C=O) groups excluding carboxylic acids is 5. The van der Waals surface area contributed by atoms with Crippen LogP contribution in [0.2, 0.25) is 0 Å². The molecule has 0 aliphatic carbocycles. The molecule has 0 rings (SSSR count). The van der Waals surface area contributed by atoms with Crippen molar-refractivity contribution in [3.8, 4) is 0 Å². The highest BCUT2D eigenvalue weighted by Crippen LogP contribution is 2.10. The van der Waals surface area contributed by atoms with Gasteiger partial charge >= 0.3 is 24.1 Å². The van der Waals surface area contributed by atoms with E-state index in [4.69, 9.17) is 14.9 Å². The number of amides is 5. The average Bonchev–Trinajstić information content (AvgIpc) is 2.76. The first-order chi connectivity index (χ1) is 17.4. The molecule has 0 saturated carbocycles. The van der Waals surface area contributed by atoms with Crippen molar-refractivity contribution in [2.24, 2.45) is 5.92 Å². The molecule has 0 heterocycles. The maximum atomic E-state index is 13.0. The highest BCUT2D eigenvalue weighted by atomic mass is 16.6. The van der Waals surface area contributed by atoms with Crippen molar-refractivity contribution in [2.75, 3.05) is 7.11 Å². The van der Waals surface area contributed by atoms with Crippen LogP contribution in [-0.2, 0) is 33.4 Å². The minimum Gasteiger partial charge on any atom is -0.481 e. The molecular weight excluding hydrogens is 508 g/mol. The first kappa shape index (κ1) is 34.1. The average molecular weight is 547 g/mol. The Balaban J connectivity index is 5.81. The van der Waals surface area contributed by atoms with Crippen LogP contribution in [0, 0.1) is 5.92 Å². The molecule has 0 saturated heterocycles. The van der Waals surface area contributed by atoms with Gasteiger partial charge in [-0.2, -0.15) is 0 Å². The molecule has 3 atom stereocenters. The monoisotopic (exact) mass is 546 g/mol. The van der Waals surface area contributed by atoms with Crippen LogP contribution < -0.4 is 21.3 Å². The van der Waals surface area contributed by atoms with Crippen molar-refractivity contribution in [1.29, 1.82) is 0 Å². The van der Waals surface area contributed by atoms with Crippen LogP contribution in [0.5, 0.6) is 0 Å². The zero-order chi connectivity index (χ0) is 29.6. The Labute approximate surface area is 220 Å². The van der Waals surface area contributed by atoms with Gasteiger partial charge in [0, 0.05) is 12.8 Å². The van der Waals surface area contributed by atoms with Gasteiger partial charge in [-0.25, -0.2) is 9.59 Å². The van der Waals surface area contributed by atoms with Crippen molar-refractivity contribution in [3.63, 3.8) is 0 Å². The molecular formula is C23H38N4O11. The number of carboxylic acid groups (broad SMARTS) is 2. The maximum Gasteiger partial charge on any atom is 0.413 e. The summed E-state index contributed by atoms with van der Waals surface area (Å²) in [6.07, 6.45) is -3.77. The lowest BCUT2D eigenvalue weighted by Gasteiger charge is -2.26. The molecule has 38 heavy (non-hydrogen) atoms. The molecule has 0 bridgehead atoms. The first-order valence-electron chi connectivity index (χ1n) is 11.9. The number of aliphatic carboxylic acids is 2. The predicted molar refractivity (Wildman–Crippen MR) is 131 cm³/mol. The summed E-state index contributed by atoms with van der Waals surface area (Å²) < 4.78 is 9.48. The number of hydrogen-bond donors (Lipinski definition) is 6. The Bertz CT molecular complexity index is 883. The van der Waals surface area contributed by atoms with Gasteiger partial charge in [0.05, 0.1) is 7.11 Å². The minimum atomic E-state index is -1.48. The summed E-state index contributed by atoms with van der Waals surface area (Å²) in [7, 11) is 1.04. The zero-order valence-electron chi connectivity index (χ0n) is 22.4. The summed E-state index contributed by atoms with van der Waals surface area (Å²) in [5.41, 5.74) is -0.919. The summed E-state index contributed by atoms with van der Waals surface area (Å²) in [6.45, 7) is 8.24. The van der Waals surface area contributed by atoms with Gasteiger partial charge in [-0.05, 0) is 46.0 Å². The van der Waals surface area contributed by atoms with Crippen LogP contribution in [0.25, 0.3) is 0 Å². The Morgan fingerprint density at radius 2 is 1.16 bits per heavy atom. The summed E-state index contributed by atoms with van der Waals surface area (Å²) in [5.74, 6) is -5.42. The second-order valence-electron chi connectivity index (χ2n) is 9.80. The van der Waals surface area contributed by atoms with Gasteiger partial charge in [0.15, 0.2) is 0 Å². The fraction of sp³-hybridized carbons (Fsp3) is 0.696. The summed E-state index contributed by atoms with van der Waals surface area (Å²) in [5, 5.41) is 27.0. The largest absolute Gasteiger partial charge is 0.481 e. The van der Waals surface area contributed by atoms with E-state index in [1.54, 1.807) is 34.6 Å². The second kappa shape index (κ2) is 16.0. The number of nitrogens with one attached hydrogen (secondary N) is 4. The smallest absolute Gasteiger partial charge is 0.413 e. The van der Waals surface area contributed by atoms with E-state index in [0.29, 0.717) is 0 Å². The van der Waals surface area contributed by atoms with Gasteiger partial charge in [-0.3, -0.25) is 29.3 Å². The van der Waals surface area contributed by atoms with E-state index in [1.807, 2.05) is 5.32 Å². The molecule has 0 spiro atoms. The van der Waals surface area contributed by atoms with Gasteiger partial charge < -0.3 is 35.6 Å². The molecule has 6 N–H and O–H groups in total. The molecule has 1 unspecified atom stereocenters. The summed E-state index contributed by atoms with van der Waals surface area (Å²) in [6, 6.07) is -4.14. The molecule has 0 aromatic rings. The second-order valence-corrected chi connectivity index (χ2v) is 9.80. The Kier molecular flexibility index (Phi) is 14.4. The van der Waals surface area contributed by atoms with Crippen molar-refractivity contribution >= 4 is 41.8 Å². The highest BCUT2D eigenvalue weighted by molar-refractivity contribution is 5.98. The third kappa shape index (κ3) is 15.3. The molecule has 0 aliphatic heterocycles. The number of carbonyl (C=O) groups is 7. The summed E-state index contributed by atoms with van der Waals surface area (Å²) in [4.78, 5) is 84.2. The highest BCUT2D eigenvalue weighted by Gasteiger charge is 2.32. The molecule has 0 aromatic carbocycles. The molecule has 15 heteroatoms. The van der Waals surface area contributed by atoms with E-state index in [0.717, 1.165) is 7.11 Å². The van der Waals surface area contributed by atoms with Crippen molar-refractivity contribution in [2.45, 2.75) is 90.4 Å². The molecule has 216 valence electrons. The number of rotatable bonds is 14. The van der Waals surface area contributed by atoms with Crippen LogP contribution in [0.15, 0.2) is 0 Å². The van der Waals surface area contributed by atoms with Crippen LogP contribution in [0.4, 0.5) is 9.59 Å². The van der Waals surface area contributed by atoms with Crippen LogP contribution >= 0.6 is 0 Å². The minimum absolute atomic E-state index is 0.0929. The Morgan fingerprint density at radius 1 is 0.711 bits per heavy atom. The SMILES string of the molecule is COC(=O)NC(=O)[C@H](CC(C)C)NC(=O)[C@H](CCC(=O)O)NC(=O)C(CCC(=O)O)NC(=O)OC(C)(C)C. The van der Waals surface area contributed by atoms with Gasteiger partial charge in [-0.1, -0.05) is 13.8 Å². The molecule has 0 radical (unpaired) electrons. The van der Waals surface area contributed by atoms with E-state index < -0.39 is 84.8 Å². The standard InChI is InChI=1S/C23H38N4O11/c1-12(2)11-15(20(34)27-21(35)37-6)25-18(32)13(7-9-16(28)29)24-19(33)14(8-10-17(30)31)26-22(36)38-23(3,4)5/h12-15H,7-11H2,1-6H3,(H,24,33)(H,25,32)(H,26,36)(H,28,29)(H,30,31)(H,27,34,35)/t13-,14?,15-/m0/s1. The quantitative estimate of drug-likeness (QED) is 0.176. The molecule has 5 amide bonds. The molecule has 15 nitrogen and oxygen atoms in total. The van der Waals surface area contributed by atoms with Crippen LogP contribution in [0.3, 0.4) is 0 Å². The van der Waals surface area contributed by atoms with Crippen molar-refractivity contribution in [1.82, 2.24) is 21.3 Å². The fourth-order valence-electron chi connectivity index (χ4n) is 3.01. The lowest BCUT2D eigenvalue weighted by Crippen LogP contribution is -2.57.